The Morgan fingerprint density at radius 3 is 1.78 bits per heavy atom. The van der Waals surface area contributed by atoms with Crippen molar-refractivity contribution in [1.82, 2.24) is 6.15 Å². The number of ether oxygens (including phenoxy) is 1. The molecule has 6 heteroatoms. The fraction of sp³-hybridized carbons (Fsp3) is 0.500. The van der Waals surface area contributed by atoms with Crippen LogP contribution in [0.1, 0.15) is 33.6 Å². The number of unbranched alkanes of at least 4 members (excludes halogenated alkanes) is 1. The van der Waals surface area contributed by atoms with Crippen molar-refractivity contribution < 1.29 is 49.0 Å². The Morgan fingerprint density at radius 1 is 1.17 bits per heavy atom. The minimum atomic E-state index is -1.19. The molecule has 0 aromatic carbocycles. The van der Waals surface area contributed by atoms with Gasteiger partial charge in [0.25, 0.3) is 0 Å². The fourth-order valence-electron chi connectivity index (χ4n) is 0.432. The van der Waals surface area contributed by atoms with Crippen LogP contribution in [-0.2, 0) is 14.3 Å². The molecule has 5 nitrogen and oxygen atoms in total. The van der Waals surface area contributed by atoms with Gasteiger partial charge >= 0.3 is 35.5 Å². The van der Waals surface area contributed by atoms with Crippen molar-refractivity contribution >= 4 is 11.9 Å². The second-order valence-electron chi connectivity index (χ2n) is 3.34. The van der Waals surface area contributed by atoms with E-state index < -0.39 is 5.97 Å². The molecule has 3 N–H and O–H groups in total. The van der Waals surface area contributed by atoms with Crippen LogP contribution < -0.4 is 40.8 Å². The summed E-state index contributed by atoms with van der Waals surface area (Å²) >= 11 is 0. The molecular weight excluding hydrogens is 245 g/mol. The molecule has 0 aromatic heterocycles. The van der Waals surface area contributed by atoms with Gasteiger partial charge in [-0.05, 0) is 25.8 Å². The molecule has 18 heavy (non-hydrogen) atoms. The monoisotopic (exact) mass is 267 g/mol. The fourth-order valence-corrected chi connectivity index (χ4v) is 0.432. The van der Waals surface area contributed by atoms with Crippen LogP contribution in [0.5, 0.6) is 0 Å². The molecule has 0 amide bonds. The SMILES string of the molecule is C=C(C)C(=O)OCCCC.C=C(C)C(=O)[O-].N.[Na+]. The first-order valence-electron chi connectivity index (χ1n) is 5.02. The summed E-state index contributed by atoms with van der Waals surface area (Å²) in [7, 11) is 0. The molecule has 0 aliphatic heterocycles. The number of hydrogen-bond donors (Lipinski definition) is 1. The number of aliphatic carboxylic acids is 1. The van der Waals surface area contributed by atoms with Crippen LogP contribution in [0.15, 0.2) is 24.3 Å². The van der Waals surface area contributed by atoms with E-state index in [1.165, 1.54) is 6.92 Å². The minimum Gasteiger partial charge on any atom is -0.545 e. The molecule has 0 radical (unpaired) electrons. The van der Waals surface area contributed by atoms with Crippen LogP contribution in [0, 0.1) is 0 Å². The number of rotatable bonds is 5. The third kappa shape index (κ3) is 20.8. The van der Waals surface area contributed by atoms with Gasteiger partial charge < -0.3 is 20.8 Å². The van der Waals surface area contributed by atoms with Crippen LogP contribution in [-0.4, -0.2) is 18.5 Å². The summed E-state index contributed by atoms with van der Waals surface area (Å²) in [6.45, 7) is 12.1. The van der Waals surface area contributed by atoms with E-state index in [4.69, 9.17) is 4.74 Å². The topological polar surface area (TPSA) is 101 Å². The summed E-state index contributed by atoms with van der Waals surface area (Å²) in [6, 6.07) is 0. The molecule has 0 heterocycles. The summed E-state index contributed by atoms with van der Waals surface area (Å²) < 4.78 is 4.81. The zero-order chi connectivity index (χ0) is 13.1. The predicted octanol–water partition coefficient (Wildman–Crippen LogP) is -1.62. The third-order valence-corrected chi connectivity index (χ3v) is 1.43. The molecule has 100 valence electrons. The standard InChI is InChI=1S/C8H14O2.C4H6O2.H3N.Na/c1-4-5-6-10-8(9)7(2)3;1-3(2)4(5)6;;/h2,4-6H2,1,3H3;1H2,2H3,(H,5,6);1H3;/q;;;+1/p-1. The van der Waals surface area contributed by atoms with E-state index in [1.807, 2.05) is 0 Å². The molecule has 0 rings (SSSR count). The number of esters is 1. The molecule has 0 fully saturated rings. The molecule has 0 atom stereocenters. The van der Waals surface area contributed by atoms with Crippen LogP contribution in [0.2, 0.25) is 0 Å². The largest absolute Gasteiger partial charge is 1.00 e. The summed E-state index contributed by atoms with van der Waals surface area (Å²) in [5, 5.41) is 9.49. The first-order chi connectivity index (χ1) is 7.32. The second kappa shape index (κ2) is 16.4. The zero-order valence-corrected chi connectivity index (χ0v) is 13.9. The first-order valence-corrected chi connectivity index (χ1v) is 5.02. The van der Waals surface area contributed by atoms with Gasteiger partial charge in [0.2, 0.25) is 0 Å². The molecule has 0 aliphatic carbocycles. The Morgan fingerprint density at radius 2 is 1.56 bits per heavy atom. The van der Waals surface area contributed by atoms with Crippen molar-refractivity contribution in [3.8, 4) is 0 Å². The number of carbonyl (C=O) groups is 2. The molecule has 0 saturated carbocycles. The average Bonchev–Trinajstić information content (AvgIpc) is 2.18. The van der Waals surface area contributed by atoms with E-state index in [0.29, 0.717) is 12.2 Å². The summed E-state index contributed by atoms with van der Waals surface area (Å²) in [4.78, 5) is 20.2. The van der Waals surface area contributed by atoms with Crippen LogP contribution in [0.3, 0.4) is 0 Å². The van der Waals surface area contributed by atoms with Gasteiger partial charge in [0, 0.05) is 5.57 Å². The summed E-state index contributed by atoms with van der Waals surface area (Å²) in [5.41, 5.74) is 0.533. The van der Waals surface area contributed by atoms with E-state index in [1.54, 1.807) is 6.92 Å². The Labute approximate surface area is 131 Å². The van der Waals surface area contributed by atoms with Crippen molar-refractivity contribution in [3.05, 3.63) is 24.3 Å². The second-order valence-corrected chi connectivity index (χ2v) is 3.34. The molecular formula is C12H22NNaO4. The molecule has 0 bridgehead atoms. The van der Waals surface area contributed by atoms with Gasteiger partial charge in [-0.3, -0.25) is 0 Å². The van der Waals surface area contributed by atoms with Crippen LogP contribution in [0.4, 0.5) is 0 Å². The maximum Gasteiger partial charge on any atom is 1.00 e. The smallest absolute Gasteiger partial charge is 0.545 e. The third-order valence-electron chi connectivity index (χ3n) is 1.43. The van der Waals surface area contributed by atoms with Crippen molar-refractivity contribution in [2.45, 2.75) is 33.6 Å². The van der Waals surface area contributed by atoms with Crippen molar-refractivity contribution in [1.29, 1.82) is 0 Å². The van der Waals surface area contributed by atoms with Gasteiger partial charge in [-0.15, -0.1) is 0 Å². The van der Waals surface area contributed by atoms with Gasteiger partial charge in [0.1, 0.15) is 0 Å². The first kappa shape index (κ1) is 26.0. The Hall–Kier alpha value is -0.620. The van der Waals surface area contributed by atoms with E-state index in [0.717, 1.165) is 12.8 Å². The Kier molecular flexibility index (Phi) is 23.7. The van der Waals surface area contributed by atoms with Gasteiger partial charge in [-0.25, -0.2) is 4.79 Å². The normalized spacial score (nSPS) is 7.50. The van der Waals surface area contributed by atoms with Crippen LogP contribution >= 0.6 is 0 Å². The van der Waals surface area contributed by atoms with E-state index in [-0.39, 0.29) is 47.3 Å². The quantitative estimate of drug-likeness (QED) is 0.279. The Bertz CT molecular complexity index is 265. The zero-order valence-electron chi connectivity index (χ0n) is 11.9. The molecule has 0 aliphatic rings. The number of carboxylic acid groups (broad SMARTS) is 1. The Balaban J connectivity index is -0.000000108. The number of hydrogen-bond acceptors (Lipinski definition) is 5. The minimum absolute atomic E-state index is 0. The summed E-state index contributed by atoms with van der Waals surface area (Å²) in [5.74, 6) is -1.47. The molecule has 0 aromatic rings. The van der Waals surface area contributed by atoms with E-state index in [9.17, 15) is 14.7 Å². The van der Waals surface area contributed by atoms with Crippen LogP contribution in [0.25, 0.3) is 0 Å². The predicted molar refractivity (Wildman–Crippen MR) is 65.5 cm³/mol. The average molecular weight is 267 g/mol. The van der Waals surface area contributed by atoms with E-state index >= 15 is 0 Å². The van der Waals surface area contributed by atoms with Crippen molar-refractivity contribution in [3.63, 3.8) is 0 Å². The molecule has 0 unspecified atom stereocenters. The molecule has 0 saturated heterocycles. The van der Waals surface area contributed by atoms with Crippen molar-refractivity contribution in [2.24, 2.45) is 0 Å². The maximum atomic E-state index is 10.7. The number of carboxylic acids is 1. The number of carbonyl (C=O) groups excluding carboxylic acids is 2. The van der Waals surface area contributed by atoms with Crippen molar-refractivity contribution in [2.75, 3.05) is 6.61 Å². The molecule has 0 spiro atoms. The van der Waals surface area contributed by atoms with Gasteiger partial charge in [0.05, 0.1) is 12.6 Å². The van der Waals surface area contributed by atoms with Gasteiger partial charge in [-0.1, -0.05) is 26.5 Å². The maximum absolute atomic E-state index is 10.7. The van der Waals surface area contributed by atoms with Gasteiger partial charge in [-0.2, -0.15) is 0 Å². The van der Waals surface area contributed by atoms with E-state index in [2.05, 4.69) is 20.1 Å². The van der Waals surface area contributed by atoms with Gasteiger partial charge in [0.15, 0.2) is 0 Å². The summed E-state index contributed by atoms with van der Waals surface area (Å²) in [6.07, 6.45) is 1.97.